The number of nitrogens with zero attached hydrogens (tertiary/aromatic N) is 3. The molecule has 1 aliphatic heterocycles. The molecule has 7 nitrogen and oxygen atoms in total. The van der Waals surface area contributed by atoms with E-state index >= 15 is 0 Å². The summed E-state index contributed by atoms with van der Waals surface area (Å²) >= 11 is 0. The van der Waals surface area contributed by atoms with Crippen LogP contribution in [0.2, 0.25) is 0 Å². The van der Waals surface area contributed by atoms with Crippen molar-refractivity contribution in [3.63, 3.8) is 0 Å². The number of benzene rings is 1. The van der Waals surface area contributed by atoms with Gasteiger partial charge in [0, 0.05) is 37.8 Å². The zero-order valence-electron chi connectivity index (χ0n) is 16.1. The standard InChI is InChI=1S/C19H22F2N4O3S/c1-24(17-5-7-25(8-6-17)29(2,27)28)19(26)23-16-3-4-18(22-12-16)13-9-14(20)11-15(21)10-13/h3-4,9-12,17H,5-8H2,1-2H3,(H,23,26). The second kappa shape index (κ2) is 8.42. The van der Waals surface area contributed by atoms with Gasteiger partial charge in [0.1, 0.15) is 11.6 Å². The number of hydrogen-bond donors (Lipinski definition) is 1. The molecule has 1 aromatic heterocycles. The summed E-state index contributed by atoms with van der Waals surface area (Å²) in [4.78, 5) is 18.2. The van der Waals surface area contributed by atoms with Crippen molar-refractivity contribution < 1.29 is 22.0 Å². The van der Waals surface area contributed by atoms with Gasteiger partial charge in [0.15, 0.2) is 0 Å². The van der Waals surface area contributed by atoms with E-state index < -0.39 is 21.7 Å². The molecule has 1 N–H and O–H groups in total. The fourth-order valence-corrected chi connectivity index (χ4v) is 4.15. The number of amides is 2. The molecule has 156 valence electrons. The lowest BCUT2D eigenvalue weighted by molar-refractivity contribution is 0.174. The molecule has 2 heterocycles. The maximum atomic E-state index is 13.4. The number of aromatic nitrogens is 1. The fraction of sp³-hybridized carbons (Fsp3) is 0.368. The SMILES string of the molecule is CN(C(=O)Nc1ccc(-c2cc(F)cc(F)c2)nc1)C1CCN(S(C)(=O)=O)CC1. The number of pyridine rings is 1. The predicted octanol–water partition coefficient (Wildman–Crippen LogP) is 2.91. The largest absolute Gasteiger partial charge is 0.325 e. The molecule has 0 bridgehead atoms. The first-order chi connectivity index (χ1) is 13.6. The molecule has 1 fully saturated rings. The summed E-state index contributed by atoms with van der Waals surface area (Å²) in [6.07, 6.45) is 3.70. The number of piperidine rings is 1. The van der Waals surface area contributed by atoms with Gasteiger partial charge in [-0.3, -0.25) is 4.98 Å². The van der Waals surface area contributed by atoms with Crippen LogP contribution in [-0.2, 0) is 10.0 Å². The lowest BCUT2D eigenvalue weighted by atomic mass is 10.1. The Morgan fingerprint density at radius 1 is 1.17 bits per heavy atom. The molecule has 2 amide bonds. The summed E-state index contributed by atoms with van der Waals surface area (Å²) in [7, 11) is -1.56. The van der Waals surface area contributed by atoms with Crippen LogP contribution in [0.25, 0.3) is 11.3 Å². The molecule has 0 spiro atoms. The van der Waals surface area contributed by atoms with Crippen molar-refractivity contribution in [1.82, 2.24) is 14.2 Å². The van der Waals surface area contributed by atoms with Gasteiger partial charge < -0.3 is 10.2 Å². The van der Waals surface area contributed by atoms with E-state index in [-0.39, 0.29) is 12.1 Å². The van der Waals surface area contributed by atoms with Crippen LogP contribution in [0.4, 0.5) is 19.3 Å². The van der Waals surface area contributed by atoms with E-state index in [1.54, 1.807) is 24.1 Å². The number of halogens is 2. The Morgan fingerprint density at radius 2 is 1.79 bits per heavy atom. The predicted molar refractivity (Wildman–Crippen MR) is 106 cm³/mol. The smallest absolute Gasteiger partial charge is 0.321 e. The van der Waals surface area contributed by atoms with Crippen LogP contribution in [0.1, 0.15) is 12.8 Å². The molecule has 1 aromatic carbocycles. The van der Waals surface area contributed by atoms with Crippen LogP contribution in [-0.4, -0.2) is 61.1 Å². The molecule has 1 saturated heterocycles. The second-order valence-electron chi connectivity index (χ2n) is 7.02. The first kappa shape index (κ1) is 21.1. The van der Waals surface area contributed by atoms with E-state index in [0.717, 1.165) is 6.07 Å². The van der Waals surface area contributed by atoms with Crippen molar-refractivity contribution >= 4 is 21.7 Å². The maximum Gasteiger partial charge on any atom is 0.321 e. The Hall–Kier alpha value is -2.59. The van der Waals surface area contributed by atoms with Crippen LogP contribution in [0, 0.1) is 11.6 Å². The van der Waals surface area contributed by atoms with Crippen molar-refractivity contribution in [2.24, 2.45) is 0 Å². The number of rotatable bonds is 4. The average molecular weight is 424 g/mol. The Labute approximate surface area is 168 Å². The molecule has 0 radical (unpaired) electrons. The minimum absolute atomic E-state index is 0.0736. The zero-order valence-corrected chi connectivity index (χ0v) is 16.9. The van der Waals surface area contributed by atoms with Gasteiger partial charge in [-0.1, -0.05) is 0 Å². The highest BCUT2D eigenvalue weighted by molar-refractivity contribution is 7.88. The lowest BCUT2D eigenvalue weighted by Gasteiger charge is -2.35. The van der Waals surface area contributed by atoms with E-state index in [9.17, 15) is 22.0 Å². The molecule has 0 aliphatic carbocycles. The van der Waals surface area contributed by atoms with Gasteiger partial charge in [-0.15, -0.1) is 0 Å². The topological polar surface area (TPSA) is 82.6 Å². The van der Waals surface area contributed by atoms with Gasteiger partial charge in [-0.25, -0.2) is 26.3 Å². The molecule has 0 saturated carbocycles. The Morgan fingerprint density at radius 3 is 2.31 bits per heavy atom. The number of urea groups is 1. The summed E-state index contributed by atoms with van der Waals surface area (Å²) in [6, 6.07) is 5.90. The minimum Gasteiger partial charge on any atom is -0.325 e. The molecule has 0 atom stereocenters. The van der Waals surface area contributed by atoms with E-state index in [4.69, 9.17) is 0 Å². The summed E-state index contributed by atoms with van der Waals surface area (Å²) in [6.45, 7) is 0.753. The molecule has 1 aliphatic rings. The van der Waals surface area contributed by atoms with Crippen LogP contribution in [0.15, 0.2) is 36.5 Å². The summed E-state index contributed by atoms with van der Waals surface area (Å²) in [5.41, 5.74) is 1.12. The van der Waals surface area contributed by atoms with Crippen LogP contribution in [0.5, 0.6) is 0 Å². The number of nitrogens with one attached hydrogen (secondary N) is 1. The highest BCUT2D eigenvalue weighted by Gasteiger charge is 2.29. The van der Waals surface area contributed by atoms with Crippen molar-refractivity contribution in [3.8, 4) is 11.3 Å². The summed E-state index contributed by atoms with van der Waals surface area (Å²) in [5.74, 6) is -1.38. The Bertz CT molecular complexity index is 971. The summed E-state index contributed by atoms with van der Waals surface area (Å²) < 4.78 is 51.3. The minimum atomic E-state index is -3.22. The third-order valence-electron chi connectivity index (χ3n) is 4.93. The van der Waals surface area contributed by atoms with E-state index in [1.165, 1.54) is 28.9 Å². The van der Waals surface area contributed by atoms with E-state index in [1.807, 2.05) is 0 Å². The molecule has 10 heteroatoms. The summed E-state index contributed by atoms with van der Waals surface area (Å²) in [5, 5.41) is 2.73. The van der Waals surface area contributed by atoms with Crippen molar-refractivity contribution in [2.45, 2.75) is 18.9 Å². The first-order valence-corrected chi connectivity index (χ1v) is 10.9. The third-order valence-corrected chi connectivity index (χ3v) is 6.24. The van der Waals surface area contributed by atoms with Crippen LogP contribution in [0.3, 0.4) is 0 Å². The van der Waals surface area contributed by atoms with Gasteiger partial charge in [-0.2, -0.15) is 0 Å². The van der Waals surface area contributed by atoms with Gasteiger partial charge >= 0.3 is 6.03 Å². The van der Waals surface area contributed by atoms with E-state index in [2.05, 4.69) is 10.3 Å². The Balaban J connectivity index is 1.60. The van der Waals surface area contributed by atoms with Crippen molar-refractivity contribution in [1.29, 1.82) is 0 Å². The number of sulfonamides is 1. The number of hydrogen-bond acceptors (Lipinski definition) is 4. The van der Waals surface area contributed by atoms with Gasteiger partial charge in [0.05, 0.1) is 23.8 Å². The lowest BCUT2D eigenvalue weighted by Crippen LogP contribution is -2.48. The van der Waals surface area contributed by atoms with E-state index in [0.29, 0.717) is 42.9 Å². The van der Waals surface area contributed by atoms with Gasteiger partial charge in [-0.05, 0) is 37.1 Å². The maximum absolute atomic E-state index is 13.4. The second-order valence-corrected chi connectivity index (χ2v) is 9.01. The molecular formula is C19H22F2N4O3S. The number of carbonyl (C=O) groups excluding carboxylic acids is 1. The molecule has 29 heavy (non-hydrogen) atoms. The molecule has 2 aromatic rings. The quantitative estimate of drug-likeness (QED) is 0.818. The fourth-order valence-electron chi connectivity index (χ4n) is 3.28. The molecular weight excluding hydrogens is 402 g/mol. The van der Waals surface area contributed by atoms with Gasteiger partial charge in [0.25, 0.3) is 0 Å². The van der Waals surface area contributed by atoms with Crippen molar-refractivity contribution in [2.75, 3.05) is 31.7 Å². The highest BCUT2D eigenvalue weighted by Crippen LogP contribution is 2.22. The van der Waals surface area contributed by atoms with Crippen LogP contribution < -0.4 is 5.32 Å². The Kier molecular flexibility index (Phi) is 6.13. The van der Waals surface area contributed by atoms with Crippen LogP contribution >= 0.6 is 0 Å². The average Bonchev–Trinajstić information content (AvgIpc) is 2.66. The normalized spacial score (nSPS) is 15.9. The van der Waals surface area contributed by atoms with Gasteiger partial charge in [0.2, 0.25) is 10.0 Å². The molecule has 0 unspecified atom stereocenters. The third kappa shape index (κ3) is 5.27. The first-order valence-electron chi connectivity index (χ1n) is 9.05. The zero-order chi connectivity index (χ0) is 21.2. The highest BCUT2D eigenvalue weighted by atomic mass is 32.2. The monoisotopic (exact) mass is 424 g/mol. The number of carbonyl (C=O) groups is 1. The molecule has 3 rings (SSSR count). The number of anilines is 1. The van der Waals surface area contributed by atoms with Crippen molar-refractivity contribution in [3.05, 3.63) is 48.2 Å².